The number of aromatic nitrogens is 1. The van der Waals surface area contributed by atoms with Gasteiger partial charge in [0.05, 0.1) is 22.9 Å². The summed E-state index contributed by atoms with van der Waals surface area (Å²) in [4.78, 5) is 24.6. The number of hydrogen-bond donors (Lipinski definition) is 2. The van der Waals surface area contributed by atoms with Gasteiger partial charge in [-0.1, -0.05) is 24.3 Å². The fourth-order valence-corrected chi connectivity index (χ4v) is 3.43. The van der Waals surface area contributed by atoms with Crippen molar-refractivity contribution in [2.24, 2.45) is 10.9 Å². The van der Waals surface area contributed by atoms with Crippen molar-refractivity contribution in [3.05, 3.63) is 59.7 Å². The molecular weight excluding hydrogens is 304 g/mol. The maximum Gasteiger partial charge on any atom is 0.259 e. The third kappa shape index (κ3) is 1.73. The number of allylic oxidation sites excluding steroid dienone is 1. The van der Waals surface area contributed by atoms with Crippen LogP contribution in [0.5, 0.6) is 0 Å². The summed E-state index contributed by atoms with van der Waals surface area (Å²) in [5.41, 5.74) is 3.05. The van der Waals surface area contributed by atoms with E-state index < -0.39 is 11.8 Å². The Morgan fingerprint density at radius 3 is 2.67 bits per heavy atom. The van der Waals surface area contributed by atoms with Crippen molar-refractivity contribution in [2.45, 2.75) is 6.54 Å². The molecule has 2 amide bonds. The molecule has 1 aromatic heterocycles. The molecule has 2 heterocycles. The summed E-state index contributed by atoms with van der Waals surface area (Å²) in [6.45, 7) is 4.39. The van der Waals surface area contributed by atoms with Gasteiger partial charge in [0, 0.05) is 28.4 Å². The Morgan fingerprint density at radius 2 is 1.92 bits per heavy atom. The molecule has 24 heavy (non-hydrogen) atoms. The fraction of sp³-hybridized carbons (Fsp3) is 0.0556. The van der Waals surface area contributed by atoms with Gasteiger partial charge in [-0.3, -0.25) is 14.9 Å². The number of amides is 2. The first-order valence-electron chi connectivity index (χ1n) is 7.45. The Morgan fingerprint density at radius 1 is 1.17 bits per heavy atom. The van der Waals surface area contributed by atoms with Crippen molar-refractivity contribution >= 4 is 39.8 Å². The molecule has 0 atom stereocenters. The van der Waals surface area contributed by atoms with E-state index in [-0.39, 0.29) is 0 Å². The molecule has 0 fully saturated rings. The van der Waals surface area contributed by atoms with Gasteiger partial charge < -0.3 is 10.4 Å². The van der Waals surface area contributed by atoms with E-state index in [1.807, 2.05) is 30.3 Å². The third-order valence-corrected chi connectivity index (χ3v) is 4.30. The van der Waals surface area contributed by atoms with Crippen LogP contribution in [-0.4, -0.2) is 22.6 Å². The highest BCUT2D eigenvalue weighted by molar-refractivity contribution is 6.32. The highest BCUT2D eigenvalue weighted by atomic mass is 16.2. The van der Waals surface area contributed by atoms with Crippen molar-refractivity contribution in [2.75, 3.05) is 0 Å². The monoisotopic (exact) mass is 318 g/mol. The summed E-state index contributed by atoms with van der Waals surface area (Å²) in [6, 6.07) is 9.62. The van der Waals surface area contributed by atoms with Gasteiger partial charge in [-0.2, -0.15) is 5.10 Å². The normalized spacial score (nSPS) is 13.8. The van der Waals surface area contributed by atoms with Crippen LogP contribution in [0.2, 0.25) is 0 Å². The second-order valence-corrected chi connectivity index (χ2v) is 5.59. The van der Waals surface area contributed by atoms with Crippen molar-refractivity contribution < 1.29 is 9.59 Å². The number of hydrazone groups is 1. The van der Waals surface area contributed by atoms with Crippen molar-refractivity contribution in [1.29, 1.82) is 0 Å². The lowest BCUT2D eigenvalue weighted by molar-refractivity contribution is 0.0880. The summed E-state index contributed by atoms with van der Waals surface area (Å²) in [6.07, 6.45) is 3.19. The second kappa shape index (κ2) is 5.06. The summed E-state index contributed by atoms with van der Waals surface area (Å²) < 4.78 is 2.06. The van der Waals surface area contributed by atoms with E-state index in [0.717, 1.165) is 21.8 Å². The van der Waals surface area contributed by atoms with Gasteiger partial charge >= 0.3 is 0 Å². The molecule has 0 saturated heterocycles. The Kier molecular flexibility index (Phi) is 2.99. The largest absolute Gasteiger partial charge is 0.337 e. The van der Waals surface area contributed by atoms with E-state index in [0.29, 0.717) is 23.2 Å². The molecule has 3 aromatic rings. The number of imide groups is 1. The summed E-state index contributed by atoms with van der Waals surface area (Å²) >= 11 is 0. The molecule has 0 radical (unpaired) electrons. The van der Waals surface area contributed by atoms with E-state index in [9.17, 15) is 9.59 Å². The molecule has 0 unspecified atom stereocenters. The van der Waals surface area contributed by atoms with Crippen LogP contribution in [0.25, 0.3) is 21.8 Å². The number of carbonyl (C=O) groups is 2. The molecule has 1 aliphatic heterocycles. The maximum absolute atomic E-state index is 12.4. The lowest BCUT2D eigenvalue weighted by Crippen LogP contribution is -2.20. The molecule has 2 aromatic carbocycles. The van der Waals surface area contributed by atoms with Crippen LogP contribution in [0.1, 0.15) is 26.3 Å². The predicted octanol–water partition coefficient (Wildman–Crippen LogP) is 2.16. The van der Waals surface area contributed by atoms with Gasteiger partial charge in [0.25, 0.3) is 11.8 Å². The maximum atomic E-state index is 12.4. The minimum absolute atomic E-state index is 0.322. The van der Waals surface area contributed by atoms with E-state index in [2.05, 4.69) is 21.6 Å². The SMILES string of the molecule is C=CCn1c2ccccc2c2c3c(c(/C=N/N)cc21)C(=O)NC3=O. The minimum atomic E-state index is -0.424. The first kappa shape index (κ1) is 14.2. The molecule has 6 nitrogen and oxygen atoms in total. The van der Waals surface area contributed by atoms with Gasteiger partial charge in [-0.15, -0.1) is 6.58 Å². The number of para-hydroxylation sites is 1. The number of nitrogens with zero attached hydrogens (tertiary/aromatic N) is 2. The zero-order valence-corrected chi connectivity index (χ0v) is 12.7. The number of carbonyl (C=O) groups excluding carboxylic acids is 2. The van der Waals surface area contributed by atoms with Crippen molar-refractivity contribution in [1.82, 2.24) is 9.88 Å². The van der Waals surface area contributed by atoms with E-state index in [1.165, 1.54) is 6.21 Å². The van der Waals surface area contributed by atoms with Crippen LogP contribution in [0.3, 0.4) is 0 Å². The van der Waals surface area contributed by atoms with Crippen molar-refractivity contribution in [3.63, 3.8) is 0 Å². The van der Waals surface area contributed by atoms with Crippen LogP contribution in [0.4, 0.5) is 0 Å². The number of nitrogens with one attached hydrogen (secondary N) is 1. The van der Waals surface area contributed by atoms with Gasteiger partial charge in [0.15, 0.2) is 0 Å². The molecule has 0 aliphatic carbocycles. The van der Waals surface area contributed by atoms with Crippen molar-refractivity contribution in [3.8, 4) is 0 Å². The molecule has 4 rings (SSSR count). The number of nitrogens with two attached hydrogens (primary N) is 1. The zero-order chi connectivity index (χ0) is 16.8. The average Bonchev–Trinajstić information content (AvgIpc) is 3.04. The van der Waals surface area contributed by atoms with Gasteiger partial charge in [-0.25, -0.2) is 0 Å². The lowest BCUT2D eigenvalue weighted by atomic mass is 9.97. The Hall–Kier alpha value is -3.41. The summed E-state index contributed by atoms with van der Waals surface area (Å²) in [7, 11) is 0. The Labute approximate surface area is 137 Å². The van der Waals surface area contributed by atoms with Crippen LogP contribution in [-0.2, 0) is 6.54 Å². The highest BCUT2D eigenvalue weighted by Gasteiger charge is 2.33. The fourth-order valence-electron chi connectivity index (χ4n) is 3.43. The molecule has 0 bridgehead atoms. The van der Waals surface area contributed by atoms with E-state index in [4.69, 9.17) is 5.84 Å². The van der Waals surface area contributed by atoms with Crippen LogP contribution < -0.4 is 11.2 Å². The molecule has 118 valence electrons. The number of fused-ring (bicyclic) bond motifs is 5. The van der Waals surface area contributed by atoms with Crippen LogP contribution in [0.15, 0.2) is 48.1 Å². The topological polar surface area (TPSA) is 89.5 Å². The van der Waals surface area contributed by atoms with Gasteiger partial charge in [0.1, 0.15) is 0 Å². The van der Waals surface area contributed by atoms with E-state index >= 15 is 0 Å². The average molecular weight is 318 g/mol. The second-order valence-electron chi connectivity index (χ2n) is 5.59. The number of hydrogen-bond acceptors (Lipinski definition) is 4. The first-order valence-corrected chi connectivity index (χ1v) is 7.45. The lowest BCUT2D eigenvalue weighted by Gasteiger charge is -2.06. The quantitative estimate of drug-likeness (QED) is 0.255. The third-order valence-electron chi connectivity index (χ3n) is 4.30. The standard InChI is InChI=1S/C18H14N4O2/c1-2-7-22-12-6-4-3-5-11(12)15-13(22)8-10(9-20-19)14-16(15)18(24)21-17(14)23/h2-6,8-9H,1,7,19H2,(H,21,23,24)/b20-9+. The smallest absolute Gasteiger partial charge is 0.259 e. The molecule has 3 N–H and O–H groups in total. The highest BCUT2D eigenvalue weighted by Crippen LogP contribution is 2.36. The van der Waals surface area contributed by atoms with Crippen LogP contribution in [0, 0.1) is 0 Å². The van der Waals surface area contributed by atoms with Crippen LogP contribution >= 0.6 is 0 Å². The first-order chi connectivity index (χ1) is 11.7. The Balaban J connectivity index is 2.28. The number of rotatable bonds is 3. The molecule has 1 aliphatic rings. The molecule has 0 spiro atoms. The number of benzene rings is 2. The zero-order valence-electron chi connectivity index (χ0n) is 12.7. The predicted molar refractivity (Wildman–Crippen MR) is 93.2 cm³/mol. The van der Waals surface area contributed by atoms with E-state index in [1.54, 1.807) is 6.08 Å². The molecular formula is C18H14N4O2. The minimum Gasteiger partial charge on any atom is -0.337 e. The summed E-state index contributed by atoms with van der Waals surface area (Å²) in [5.74, 6) is 4.46. The molecule has 0 saturated carbocycles. The Bertz CT molecular complexity index is 1080. The molecule has 6 heteroatoms. The van der Waals surface area contributed by atoms with Gasteiger partial charge in [-0.05, 0) is 12.1 Å². The summed E-state index contributed by atoms with van der Waals surface area (Å²) in [5, 5.41) is 7.59. The van der Waals surface area contributed by atoms with Gasteiger partial charge in [0.2, 0.25) is 0 Å².